The maximum Gasteiger partial charge on any atom is 0.255 e. The molecule has 1 saturated heterocycles. The number of alkyl halides is 1. The van der Waals surface area contributed by atoms with Crippen LogP contribution in [0.15, 0.2) is 18.2 Å². The molecule has 1 aromatic rings. The minimum absolute atomic E-state index is 0.173. The first-order chi connectivity index (χ1) is 9.13. The Labute approximate surface area is 136 Å². The third kappa shape index (κ3) is 3.70. The largest absolute Gasteiger partial charge is 0.336 e. The van der Waals surface area contributed by atoms with Crippen LogP contribution >= 0.6 is 38.5 Å². The SMILES string of the molecule is Cc1cccc(C(=O)N2CCN(CCBr)CC2)c1I. The molecular weight excluding hydrogens is 419 g/mol. The van der Waals surface area contributed by atoms with Gasteiger partial charge in [0.1, 0.15) is 0 Å². The number of amides is 1. The summed E-state index contributed by atoms with van der Waals surface area (Å²) in [4.78, 5) is 16.9. The third-order valence-corrected chi connectivity index (χ3v) is 5.27. The molecule has 0 aromatic heterocycles. The van der Waals surface area contributed by atoms with Crippen LogP contribution in [0, 0.1) is 10.5 Å². The summed E-state index contributed by atoms with van der Waals surface area (Å²) >= 11 is 5.73. The van der Waals surface area contributed by atoms with E-state index in [-0.39, 0.29) is 5.91 Å². The molecule has 0 radical (unpaired) electrons. The molecular formula is C14H18BrIN2O. The molecule has 1 heterocycles. The molecule has 0 bridgehead atoms. The predicted molar refractivity (Wildman–Crippen MR) is 90.0 cm³/mol. The van der Waals surface area contributed by atoms with E-state index in [2.05, 4.69) is 43.4 Å². The van der Waals surface area contributed by atoms with Gasteiger partial charge in [-0.2, -0.15) is 0 Å². The number of aryl methyl sites for hydroxylation is 1. The molecule has 1 aliphatic rings. The fourth-order valence-corrected chi connectivity index (χ4v) is 3.37. The van der Waals surface area contributed by atoms with E-state index in [0.717, 1.165) is 47.2 Å². The van der Waals surface area contributed by atoms with Crippen molar-refractivity contribution < 1.29 is 4.79 Å². The van der Waals surface area contributed by atoms with Crippen LogP contribution in [-0.2, 0) is 0 Å². The summed E-state index contributed by atoms with van der Waals surface area (Å²) in [5.41, 5.74) is 2.01. The minimum atomic E-state index is 0.173. The van der Waals surface area contributed by atoms with Crippen LogP contribution in [0.25, 0.3) is 0 Å². The zero-order valence-electron chi connectivity index (χ0n) is 11.0. The summed E-state index contributed by atoms with van der Waals surface area (Å²) in [5.74, 6) is 0.173. The molecule has 19 heavy (non-hydrogen) atoms. The summed E-state index contributed by atoms with van der Waals surface area (Å²) in [7, 11) is 0. The highest BCUT2D eigenvalue weighted by Crippen LogP contribution is 2.19. The van der Waals surface area contributed by atoms with Crippen molar-refractivity contribution in [1.29, 1.82) is 0 Å². The first-order valence-corrected chi connectivity index (χ1v) is 8.66. The Balaban J connectivity index is 2.03. The fraction of sp³-hybridized carbons (Fsp3) is 0.500. The second-order valence-electron chi connectivity index (χ2n) is 4.76. The number of piperazine rings is 1. The quantitative estimate of drug-likeness (QED) is 0.537. The van der Waals surface area contributed by atoms with Crippen molar-refractivity contribution in [3.05, 3.63) is 32.9 Å². The number of nitrogens with zero attached hydrogens (tertiary/aromatic N) is 2. The van der Waals surface area contributed by atoms with Gasteiger partial charge in [-0.25, -0.2) is 0 Å². The Bertz CT molecular complexity index is 459. The number of carbonyl (C=O) groups is 1. The number of rotatable bonds is 3. The number of hydrogen-bond acceptors (Lipinski definition) is 2. The highest BCUT2D eigenvalue weighted by molar-refractivity contribution is 14.1. The van der Waals surface area contributed by atoms with E-state index in [1.807, 2.05) is 30.0 Å². The van der Waals surface area contributed by atoms with Crippen molar-refractivity contribution in [2.75, 3.05) is 38.1 Å². The number of halogens is 2. The van der Waals surface area contributed by atoms with Crippen LogP contribution in [-0.4, -0.2) is 53.8 Å². The first kappa shape index (κ1) is 15.3. The van der Waals surface area contributed by atoms with Crippen molar-refractivity contribution in [3.8, 4) is 0 Å². The molecule has 104 valence electrons. The maximum atomic E-state index is 12.5. The third-order valence-electron chi connectivity index (χ3n) is 3.48. The van der Waals surface area contributed by atoms with Crippen molar-refractivity contribution in [3.63, 3.8) is 0 Å². The lowest BCUT2D eigenvalue weighted by Crippen LogP contribution is -2.49. The number of benzene rings is 1. The average molecular weight is 437 g/mol. The van der Waals surface area contributed by atoms with E-state index < -0.39 is 0 Å². The molecule has 5 heteroatoms. The molecule has 1 fully saturated rings. The smallest absolute Gasteiger partial charge is 0.255 e. The summed E-state index contributed by atoms with van der Waals surface area (Å²) in [6, 6.07) is 5.94. The summed E-state index contributed by atoms with van der Waals surface area (Å²) < 4.78 is 1.08. The van der Waals surface area contributed by atoms with Gasteiger partial charge >= 0.3 is 0 Å². The molecule has 1 aromatic carbocycles. The van der Waals surface area contributed by atoms with Crippen LogP contribution < -0.4 is 0 Å². The van der Waals surface area contributed by atoms with Crippen LogP contribution in [0.3, 0.4) is 0 Å². The monoisotopic (exact) mass is 436 g/mol. The Morgan fingerprint density at radius 2 is 2.00 bits per heavy atom. The predicted octanol–water partition coefficient (Wildman–Crippen LogP) is 2.75. The van der Waals surface area contributed by atoms with E-state index in [1.54, 1.807) is 0 Å². The van der Waals surface area contributed by atoms with E-state index in [9.17, 15) is 4.79 Å². The van der Waals surface area contributed by atoms with Gasteiger partial charge in [-0.05, 0) is 41.1 Å². The van der Waals surface area contributed by atoms with Gasteiger partial charge in [0, 0.05) is 41.6 Å². The van der Waals surface area contributed by atoms with Gasteiger partial charge in [0.05, 0.1) is 5.56 Å². The molecule has 1 amide bonds. The number of carbonyl (C=O) groups excluding carboxylic acids is 1. The molecule has 0 aliphatic carbocycles. The average Bonchev–Trinajstić information content (AvgIpc) is 2.42. The molecule has 0 spiro atoms. The van der Waals surface area contributed by atoms with Crippen molar-refractivity contribution in [1.82, 2.24) is 9.80 Å². The second kappa shape index (κ2) is 7.04. The van der Waals surface area contributed by atoms with Crippen LogP contribution in [0.1, 0.15) is 15.9 Å². The van der Waals surface area contributed by atoms with Crippen LogP contribution in [0.5, 0.6) is 0 Å². The highest BCUT2D eigenvalue weighted by atomic mass is 127. The lowest BCUT2D eigenvalue weighted by molar-refractivity contribution is 0.0644. The molecule has 0 unspecified atom stereocenters. The van der Waals surface area contributed by atoms with Gasteiger partial charge in [0.2, 0.25) is 0 Å². The van der Waals surface area contributed by atoms with Crippen molar-refractivity contribution >= 4 is 44.4 Å². The van der Waals surface area contributed by atoms with Crippen LogP contribution in [0.2, 0.25) is 0 Å². The number of hydrogen-bond donors (Lipinski definition) is 0. The Hall–Kier alpha value is -0.140. The van der Waals surface area contributed by atoms with Crippen LogP contribution in [0.4, 0.5) is 0 Å². The minimum Gasteiger partial charge on any atom is -0.336 e. The zero-order valence-corrected chi connectivity index (χ0v) is 14.8. The van der Waals surface area contributed by atoms with Gasteiger partial charge in [-0.15, -0.1) is 0 Å². The molecule has 2 rings (SSSR count). The fourth-order valence-electron chi connectivity index (χ4n) is 2.28. The van der Waals surface area contributed by atoms with E-state index in [1.165, 1.54) is 5.56 Å². The molecule has 1 aliphatic heterocycles. The lowest BCUT2D eigenvalue weighted by atomic mass is 10.1. The van der Waals surface area contributed by atoms with Crippen molar-refractivity contribution in [2.24, 2.45) is 0 Å². The van der Waals surface area contributed by atoms with E-state index in [4.69, 9.17) is 0 Å². The summed E-state index contributed by atoms with van der Waals surface area (Å²) in [5, 5.41) is 0.997. The Morgan fingerprint density at radius 3 is 2.63 bits per heavy atom. The maximum absolute atomic E-state index is 12.5. The lowest BCUT2D eigenvalue weighted by Gasteiger charge is -2.34. The van der Waals surface area contributed by atoms with Gasteiger partial charge in [-0.3, -0.25) is 9.69 Å². The topological polar surface area (TPSA) is 23.6 Å². The standard InChI is InChI=1S/C14H18BrIN2O/c1-11-3-2-4-12(13(11)16)14(19)18-9-7-17(6-5-15)8-10-18/h2-4H,5-10H2,1H3. The molecule has 0 N–H and O–H groups in total. The molecule has 0 saturated carbocycles. The first-order valence-electron chi connectivity index (χ1n) is 6.46. The summed E-state index contributed by atoms with van der Waals surface area (Å²) in [6.07, 6.45) is 0. The second-order valence-corrected chi connectivity index (χ2v) is 6.63. The van der Waals surface area contributed by atoms with Gasteiger partial charge in [-0.1, -0.05) is 28.1 Å². The summed E-state index contributed by atoms with van der Waals surface area (Å²) in [6.45, 7) is 6.71. The van der Waals surface area contributed by atoms with Crippen molar-refractivity contribution in [2.45, 2.75) is 6.92 Å². The van der Waals surface area contributed by atoms with E-state index in [0.29, 0.717) is 0 Å². The zero-order chi connectivity index (χ0) is 13.8. The Morgan fingerprint density at radius 1 is 1.32 bits per heavy atom. The van der Waals surface area contributed by atoms with Gasteiger partial charge in [0.15, 0.2) is 0 Å². The highest BCUT2D eigenvalue weighted by Gasteiger charge is 2.23. The molecule has 3 nitrogen and oxygen atoms in total. The van der Waals surface area contributed by atoms with Gasteiger partial charge < -0.3 is 4.90 Å². The van der Waals surface area contributed by atoms with Gasteiger partial charge in [0.25, 0.3) is 5.91 Å². The Kier molecular flexibility index (Phi) is 5.65. The molecule has 0 atom stereocenters. The van der Waals surface area contributed by atoms with E-state index >= 15 is 0 Å². The normalized spacial score (nSPS) is 16.7.